The Morgan fingerprint density at radius 3 is 2.08 bits per heavy atom. The van der Waals surface area contributed by atoms with E-state index in [1.807, 2.05) is 6.07 Å². The van der Waals surface area contributed by atoms with Crippen molar-refractivity contribution in [2.45, 2.75) is 11.8 Å². The second kappa shape index (κ2) is 19.7. The van der Waals surface area contributed by atoms with Crippen molar-refractivity contribution in [1.82, 2.24) is 9.78 Å². The summed E-state index contributed by atoms with van der Waals surface area (Å²) < 4.78 is 34.6. The number of azo groups is 2. The van der Waals surface area contributed by atoms with Crippen LogP contribution in [0.4, 0.5) is 39.8 Å². The molecule has 0 saturated heterocycles. The number of hydrogen-bond donors (Lipinski definition) is 5. The van der Waals surface area contributed by atoms with Gasteiger partial charge in [-0.2, -0.15) is 13.5 Å². The molecule has 24 heteroatoms. The van der Waals surface area contributed by atoms with E-state index in [1.165, 1.54) is 22.9 Å². The number of rotatable bonds is 10. The zero-order chi connectivity index (χ0) is 41.6. The molecule has 0 aliphatic rings. The summed E-state index contributed by atoms with van der Waals surface area (Å²) in [5, 5.41) is 74.3. The largest absolute Gasteiger partial charge is 1.00 e. The summed E-state index contributed by atoms with van der Waals surface area (Å²) in [6, 6.07) is 20.1. The SMILES string of the molecule is C=CC(=O)Nc1ccc2cc(S(=O)(=O)O)c(N=Nc3cc([N+](=O)[O-])ccc3O)c(O)c2c1.Cc1[nH]n(-c2ccccc2)c(=O)c1N=Nc1cc([N+](=O)[O-])ccc1[O-].[Cr].[H+].[Na+]. The number of carbonyl (C=O) groups excluding carboxylic acids is 1. The van der Waals surface area contributed by atoms with Crippen molar-refractivity contribution in [3.8, 4) is 22.9 Å². The molecule has 1 heterocycles. The molecule has 0 aliphatic heterocycles. The molecule has 0 atom stereocenters. The summed E-state index contributed by atoms with van der Waals surface area (Å²) in [5.41, 5.74) is -1.06. The Hall–Kier alpha value is -6.58. The first kappa shape index (κ1) is 46.8. The van der Waals surface area contributed by atoms with Crippen molar-refractivity contribution in [3.63, 3.8) is 0 Å². The number of H-pyrrole nitrogens is 1. The molecule has 1 aromatic heterocycles. The average Bonchev–Trinajstić information content (AvgIpc) is 3.46. The van der Waals surface area contributed by atoms with Gasteiger partial charge in [-0.3, -0.25) is 39.5 Å². The third-order valence-corrected chi connectivity index (χ3v) is 8.54. The molecular formula is C35H27CrN9NaO12S+. The van der Waals surface area contributed by atoms with Crippen molar-refractivity contribution in [3.05, 3.63) is 140 Å². The van der Waals surface area contributed by atoms with E-state index < -0.39 is 64.9 Å². The monoisotopic (exact) mass is 872 g/mol. The van der Waals surface area contributed by atoms with Crippen molar-refractivity contribution in [1.29, 1.82) is 0 Å². The van der Waals surface area contributed by atoms with E-state index in [-0.39, 0.29) is 87.6 Å². The predicted octanol–water partition coefficient (Wildman–Crippen LogP) is 3.93. The van der Waals surface area contributed by atoms with Crippen LogP contribution in [-0.4, -0.2) is 48.7 Å². The van der Waals surface area contributed by atoms with Crippen LogP contribution in [0.15, 0.2) is 134 Å². The van der Waals surface area contributed by atoms with Gasteiger partial charge in [0.2, 0.25) is 5.91 Å². The van der Waals surface area contributed by atoms with Crippen LogP contribution in [0.25, 0.3) is 16.5 Å². The Bertz CT molecular complexity index is 2840. The molecule has 0 radical (unpaired) electrons. The van der Waals surface area contributed by atoms with Crippen LogP contribution in [-0.2, 0) is 32.3 Å². The minimum atomic E-state index is -4.88. The van der Waals surface area contributed by atoms with Gasteiger partial charge < -0.3 is 20.6 Å². The first-order chi connectivity index (χ1) is 27.0. The molecule has 0 unspecified atom stereocenters. The minimum absolute atomic E-state index is 0. The molecule has 0 aliphatic carbocycles. The van der Waals surface area contributed by atoms with E-state index >= 15 is 0 Å². The summed E-state index contributed by atoms with van der Waals surface area (Å²) in [6.45, 7) is 4.96. The minimum Gasteiger partial charge on any atom is -0.871 e. The number of aromatic amines is 1. The molecule has 6 aromatic rings. The Morgan fingerprint density at radius 1 is 0.881 bits per heavy atom. The van der Waals surface area contributed by atoms with Crippen LogP contribution in [0.2, 0.25) is 0 Å². The van der Waals surface area contributed by atoms with Gasteiger partial charge in [0.05, 0.1) is 26.9 Å². The number of para-hydroxylation sites is 1. The second-order valence-corrected chi connectivity index (χ2v) is 12.9. The van der Waals surface area contributed by atoms with E-state index in [0.29, 0.717) is 11.4 Å². The molecule has 5 N–H and O–H groups in total. The zero-order valence-electron chi connectivity index (χ0n) is 31.4. The number of nitro benzene ring substituents is 2. The van der Waals surface area contributed by atoms with Crippen LogP contribution in [0.1, 0.15) is 7.12 Å². The van der Waals surface area contributed by atoms with Crippen LogP contribution in [0.3, 0.4) is 0 Å². The number of benzene rings is 5. The number of anilines is 1. The molecule has 5 aromatic carbocycles. The number of phenols is 2. The molecule has 296 valence electrons. The van der Waals surface area contributed by atoms with Crippen LogP contribution < -0.4 is 45.5 Å². The summed E-state index contributed by atoms with van der Waals surface area (Å²) in [5.74, 6) is -2.26. The molecule has 59 heavy (non-hydrogen) atoms. The second-order valence-electron chi connectivity index (χ2n) is 11.5. The molecule has 0 bridgehead atoms. The molecular weight excluding hydrogens is 845 g/mol. The number of non-ortho nitro benzene ring substituents is 2. The molecule has 0 spiro atoms. The molecule has 1 amide bonds. The maximum Gasteiger partial charge on any atom is 1.00 e. The number of aryl methyl sites for hydroxylation is 1. The standard InChI is InChI=1S/C19H14N4O8S.C16H13N5O4.Cr.Na/c1-2-17(25)20-11-4-3-10-7-16(32(29,30)31)18(19(26)13(10)8-11)22-21-14-9-12(23(27)28)5-6-15(14)24;1-10-15(16(23)20(19-10)11-5-3-2-4-6-11)18-17-13-9-12(21(24)25)7-8-14(13)22;;/h2-9,24,26H,1H2,(H,20,25)(H,29,30,31);2-9,19,22H,1H3;;/q;;;+1. The van der Waals surface area contributed by atoms with E-state index in [9.17, 15) is 58.1 Å². The molecule has 6 rings (SSSR count). The van der Waals surface area contributed by atoms with Gasteiger partial charge in [0.25, 0.3) is 27.1 Å². The smallest absolute Gasteiger partial charge is 0.871 e. The van der Waals surface area contributed by atoms with Gasteiger partial charge in [0.1, 0.15) is 22.0 Å². The predicted molar refractivity (Wildman–Crippen MR) is 202 cm³/mol. The van der Waals surface area contributed by atoms with Crippen molar-refractivity contribution in [2.24, 2.45) is 20.5 Å². The van der Waals surface area contributed by atoms with Crippen molar-refractivity contribution >= 4 is 66.6 Å². The molecule has 0 fully saturated rings. The number of amides is 1. The zero-order valence-corrected chi connectivity index (χ0v) is 34.5. The Morgan fingerprint density at radius 2 is 1.47 bits per heavy atom. The van der Waals surface area contributed by atoms with E-state index in [2.05, 4.69) is 37.5 Å². The van der Waals surface area contributed by atoms with Gasteiger partial charge in [-0.1, -0.05) is 42.7 Å². The van der Waals surface area contributed by atoms with Gasteiger partial charge >= 0.3 is 31.0 Å². The number of aromatic hydroxyl groups is 2. The van der Waals surface area contributed by atoms with Crippen molar-refractivity contribution in [2.75, 3.05) is 5.32 Å². The first-order valence-corrected chi connectivity index (χ1v) is 17.3. The van der Waals surface area contributed by atoms with Gasteiger partial charge in [-0.25, -0.2) is 4.68 Å². The van der Waals surface area contributed by atoms with Gasteiger partial charge in [0, 0.05) is 52.7 Å². The average molecular weight is 873 g/mol. The summed E-state index contributed by atoms with van der Waals surface area (Å²) in [6.07, 6.45) is 1.02. The molecule has 0 saturated carbocycles. The van der Waals surface area contributed by atoms with E-state index in [0.717, 1.165) is 48.5 Å². The Kier molecular flexibility index (Phi) is 15.6. The number of carbonyl (C=O) groups is 1. The number of hydrogen-bond acceptors (Lipinski definition) is 15. The maximum atomic E-state index is 12.5. The summed E-state index contributed by atoms with van der Waals surface area (Å²) >= 11 is 0. The fraction of sp³-hybridized carbons (Fsp3) is 0.0286. The van der Waals surface area contributed by atoms with Gasteiger partial charge in [-0.05, 0) is 54.8 Å². The normalized spacial score (nSPS) is 10.9. The number of aromatic nitrogens is 2. The third kappa shape index (κ3) is 11.1. The van der Waals surface area contributed by atoms with Crippen LogP contribution in [0, 0.1) is 27.2 Å². The number of nitro groups is 2. The number of nitrogens with one attached hydrogen (secondary N) is 2. The summed E-state index contributed by atoms with van der Waals surface area (Å²) in [7, 11) is -4.88. The maximum absolute atomic E-state index is 12.5. The third-order valence-electron chi connectivity index (χ3n) is 7.68. The molecule has 21 nitrogen and oxygen atoms in total. The Labute approximate surface area is 366 Å². The van der Waals surface area contributed by atoms with Crippen molar-refractivity contribution < 1.29 is 91.3 Å². The van der Waals surface area contributed by atoms with E-state index in [4.69, 9.17) is 0 Å². The van der Waals surface area contributed by atoms with Crippen LogP contribution in [0.5, 0.6) is 17.2 Å². The number of nitrogens with zero attached hydrogens (tertiary/aromatic N) is 7. The first-order valence-electron chi connectivity index (χ1n) is 15.8. The Balaban J connectivity index is 0.000000404. The van der Waals surface area contributed by atoms with Gasteiger partial charge in [0.15, 0.2) is 11.4 Å². The fourth-order valence-electron chi connectivity index (χ4n) is 4.93. The number of phenolic OH excluding ortho intramolecular Hbond substituents is 2. The van der Waals surface area contributed by atoms with E-state index in [1.54, 1.807) is 31.2 Å². The topological polar surface area (TPSA) is 320 Å². The number of fused-ring (bicyclic) bond motifs is 1. The fourth-order valence-corrected chi connectivity index (χ4v) is 5.59. The van der Waals surface area contributed by atoms with Crippen LogP contribution >= 0.6 is 0 Å². The van der Waals surface area contributed by atoms with Gasteiger partial charge in [-0.15, -0.1) is 15.3 Å². The summed E-state index contributed by atoms with van der Waals surface area (Å²) in [4.78, 5) is 43.5. The quantitative estimate of drug-likeness (QED) is 0.0327.